The van der Waals surface area contributed by atoms with Crippen LogP contribution in [-0.4, -0.2) is 50.6 Å². The van der Waals surface area contributed by atoms with E-state index in [-0.39, 0.29) is 18.8 Å². The number of nitrogens with zero attached hydrogens (tertiary/aromatic N) is 3. The lowest BCUT2D eigenvalue weighted by Crippen LogP contribution is -2.32. The van der Waals surface area contributed by atoms with E-state index in [0.717, 1.165) is 18.7 Å². The van der Waals surface area contributed by atoms with Crippen LogP contribution in [0.3, 0.4) is 0 Å². The number of aliphatic hydroxyl groups is 2. The van der Waals surface area contributed by atoms with Gasteiger partial charge in [0, 0.05) is 18.5 Å². The molecule has 0 aromatic carbocycles. The first-order valence-corrected chi connectivity index (χ1v) is 7.11. The summed E-state index contributed by atoms with van der Waals surface area (Å²) in [6, 6.07) is -0.00293. The quantitative estimate of drug-likeness (QED) is 0.833. The van der Waals surface area contributed by atoms with Crippen LogP contribution in [0.4, 0.5) is 0 Å². The summed E-state index contributed by atoms with van der Waals surface area (Å²) in [7, 11) is 0. The lowest BCUT2D eigenvalue weighted by atomic mass is 10.1. The Morgan fingerprint density at radius 2 is 2.11 bits per heavy atom. The Balaban J connectivity index is 1.63. The molecule has 1 aliphatic heterocycles. The number of hydrogen-bond donors (Lipinski definition) is 2. The Hall–Kier alpha value is -0.980. The van der Waals surface area contributed by atoms with E-state index in [9.17, 15) is 10.2 Å². The van der Waals surface area contributed by atoms with Crippen LogP contribution in [0.2, 0.25) is 0 Å². The van der Waals surface area contributed by atoms with Crippen LogP contribution >= 0.6 is 0 Å². The third-order valence-corrected chi connectivity index (χ3v) is 4.26. The van der Waals surface area contributed by atoms with E-state index in [4.69, 9.17) is 4.52 Å². The maximum atomic E-state index is 9.64. The van der Waals surface area contributed by atoms with Gasteiger partial charge < -0.3 is 14.7 Å². The molecule has 2 heterocycles. The van der Waals surface area contributed by atoms with E-state index in [1.54, 1.807) is 0 Å². The maximum absolute atomic E-state index is 9.64. The fourth-order valence-corrected chi connectivity index (χ4v) is 3.20. The molecule has 1 saturated heterocycles. The lowest BCUT2D eigenvalue weighted by molar-refractivity contribution is 0.137. The molecule has 1 saturated carbocycles. The van der Waals surface area contributed by atoms with Crippen molar-refractivity contribution in [1.82, 2.24) is 15.0 Å². The van der Waals surface area contributed by atoms with E-state index in [1.165, 1.54) is 12.8 Å². The van der Waals surface area contributed by atoms with Gasteiger partial charge in [0.15, 0.2) is 5.82 Å². The third kappa shape index (κ3) is 2.80. The zero-order chi connectivity index (χ0) is 13.2. The fourth-order valence-electron chi connectivity index (χ4n) is 3.20. The number of aromatic nitrogens is 2. The summed E-state index contributed by atoms with van der Waals surface area (Å²) in [6.45, 7) is 1.13. The molecular formula is C13H21N3O3. The minimum Gasteiger partial charge on any atom is -0.395 e. The maximum Gasteiger partial charge on any atom is 0.240 e. The van der Waals surface area contributed by atoms with Gasteiger partial charge in [0.05, 0.1) is 19.3 Å². The molecule has 0 amide bonds. The van der Waals surface area contributed by atoms with E-state index in [2.05, 4.69) is 10.1 Å². The van der Waals surface area contributed by atoms with Crippen molar-refractivity contribution in [1.29, 1.82) is 0 Å². The smallest absolute Gasteiger partial charge is 0.240 e. The molecule has 0 radical (unpaired) electrons. The summed E-state index contributed by atoms with van der Waals surface area (Å²) in [6.07, 6.45) is 5.05. The highest BCUT2D eigenvalue weighted by molar-refractivity contribution is 4.98. The summed E-state index contributed by atoms with van der Waals surface area (Å²) < 4.78 is 5.30. The topological polar surface area (TPSA) is 82.6 Å². The molecule has 0 spiro atoms. The Bertz CT molecular complexity index is 417. The molecule has 3 rings (SSSR count). The van der Waals surface area contributed by atoms with Crippen molar-refractivity contribution in [3.05, 3.63) is 11.7 Å². The van der Waals surface area contributed by atoms with Gasteiger partial charge in [0.2, 0.25) is 5.89 Å². The largest absolute Gasteiger partial charge is 0.395 e. The molecule has 106 valence electrons. The summed E-state index contributed by atoms with van der Waals surface area (Å²) in [5, 5.41) is 23.0. The van der Waals surface area contributed by atoms with Crippen LogP contribution < -0.4 is 0 Å². The molecule has 2 atom stereocenters. The van der Waals surface area contributed by atoms with Crippen molar-refractivity contribution in [2.24, 2.45) is 0 Å². The van der Waals surface area contributed by atoms with Crippen LogP contribution in [0, 0.1) is 0 Å². The number of rotatable bonds is 4. The third-order valence-electron chi connectivity index (χ3n) is 4.26. The molecule has 6 nitrogen and oxygen atoms in total. The minimum atomic E-state index is -0.366. The second-order valence-corrected chi connectivity index (χ2v) is 5.68. The standard InChI is InChI=1S/C13H21N3O3/c17-8-10-5-11(18)6-16(10)7-12-14-13(15-19-12)9-3-1-2-4-9/h9-11,17-18H,1-8H2/t10-,11-/m0/s1. The van der Waals surface area contributed by atoms with Gasteiger partial charge >= 0.3 is 0 Å². The summed E-state index contributed by atoms with van der Waals surface area (Å²) in [5.74, 6) is 1.87. The second-order valence-electron chi connectivity index (χ2n) is 5.68. The van der Waals surface area contributed by atoms with Crippen molar-refractivity contribution in [2.75, 3.05) is 13.2 Å². The minimum absolute atomic E-state index is 0.00293. The first kappa shape index (κ1) is 13.0. The van der Waals surface area contributed by atoms with Gasteiger partial charge in [0.25, 0.3) is 0 Å². The van der Waals surface area contributed by atoms with Gasteiger partial charge in [0.1, 0.15) is 0 Å². The Labute approximate surface area is 112 Å². The molecule has 0 unspecified atom stereocenters. The van der Waals surface area contributed by atoms with Crippen molar-refractivity contribution < 1.29 is 14.7 Å². The van der Waals surface area contributed by atoms with Gasteiger partial charge in [-0.2, -0.15) is 4.98 Å². The van der Waals surface area contributed by atoms with Gasteiger partial charge in [-0.25, -0.2) is 0 Å². The number of hydrogen-bond acceptors (Lipinski definition) is 6. The molecule has 1 aliphatic carbocycles. The van der Waals surface area contributed by atoms with Crippen LogP contribution in [0.25, 0.3) is 0 Å². The Morgan fingerprint density at radius 3 is 2.84 bits per heavy atom. The number of β-amino-alcohol motifs (C(OH)–C–C–N with tert-alkyl or cyclic N) is 1. The van der Waals surface area contributed by atoms with Crippen molar-refractivity contribution >= 4 is 0 Å². The van der Waals surface area contributed by atoms with Crippen molar-refractivity contribution in [3.63, 3.8) is 0 Å². The molecule has 2 aliphatic rings. The first-order chi connectivity index (χ1) is 9.26. The normalized spacial score (nSPS) is 29.4. The predicted octanol–water partition coefficient (Wildman–Crippen LogP) is 0.655. The van der Waals surface area contributed by atoms with Gasteiger partial charge in [-0.3, -0.25) is 4.90 Å². The van der Waals surface area contributed by atoms with E-state index >= 15 is 0 Å². The lowest BCUT2D eigenvalue weighted by Gasteiger charge is -2.19. The second kappa shape index (κ2) is 5.56. The first-order valence-electron chi connectivity index (χ1n) is 7.11. The van der Waals surface area contributed by atoms with Gasteiger partial charge in [-0.15, -0.1) is 0 Å². The molecule has 1 aromatic heterocycles. The molecule has 19 heavy (non-hydrogen) atoms. The predicted molar refractivity (Wildman–Crippen MR) is 67.4 cm³/mol. The van der Waals surface area contributed by atoms with Crippen LogP contribution in [0.1, 0.15) is 49.7 Å². The molecular weight excluding hydrogens is 246 g/mol. The van der Waals surface area contributed by atoms with E-state index in [1.807, 2.05) is 4.90 Å². The zero-order valence-electron chi connectivity index (χ0n) is 11.0. The summed E-state index contributed by atoms with van der Waals surface area (Å²) in [5.41, 5.74) is 0. The highest BCUT2D eigenvalue weighted by Crippen LogP contribution is 2.32. The zero-order valence-corrected chi connectivity index (χ0v) is 11.0. The molecule has 6 heteroatoms. The van der Waals surface area contributed by atoms with E-state index in [0.29, 0.717) is 31.3 Å². The number of aliphatic hydroxyl groups excluding tert-OH is 2. The van der Waals surface area contributed by atoms with E-state index < -0.39 is 0 Å². The fraction of sp³-hybridized carbons (Fsp3) is 0.846. The Morgan fingerprint density at radius 1 is 1.32 bits per heavy atom. The molecule has 0 bridgehead atoms. The monoisotopic (exact) mass is 267 g/mol. The average Bonchev–Trinajstić information content (AvgIpc) is 3.09. The Kier molecular flexibility index (Phi) is 3.81. The average molecular weight is 267 g/mol. The highest BCUT2D eigenvalue weighted by atomic mass is 16.5. The van der Waals surface area contributed by atoms with Crippen LogP contribution in [0.5, 0.6) is 0 Å². The summed E-state index contributed by atoms with van der Waals surface area (Å²) in [4.78, 5) is 6.48. The van der Waals surface area contributed by atoms with Crippen LogP contribution in [-0.2, 0) is 6.54 Å². The molecule has 1 aromatic rings. The van der Waals surface area contributed by atoms with Crippen molar-refractivity contribution in [3.8, 4) is 0 Å². The SMILES string of the molecule is OC[C@@H]1C[C@H](O)CN1Cc1nc(C2CCCC2)no1. The van der Waals surface area contributed by atoms with Crippen LogP contribution in [0.15, 0.2) is 4.52 Å². The molecule has 2 N–H and O–H groups in total. The number of likely N-dealkylation sites (tertiary alicyclic amines) is 1. The molecule has 2 fully saturated rings. The highest BCUT2D eigenvalue weighted by Gasteiger charge is 2.32. The van der Waals surface area contributed by atoms with Gasteiger partial charge in [-0.05, 0) is 19.3 Å². The summed E-state index contributed by atoms with van der Waals surface area (Å²) >= 11 is 0. The van der Waals surface area contributed by atoms with Crippen molar-refractivity contribution in [2.45, 2.75) is 56.7 Å². The van der Waals surface area contributed by atoms with Gasteiger partial charge in [-0.1, -0.05) is 18.0 Å².